The molecule has 1 amide bonds. The Morgan fingerprint density at radius 1 is 1.38 bits per heavy atom. The van der Waals surface area contributed by atoms with Crippen LogP contribution >= 0.6 is 22.9 Å². The highest BCUT2D eigenvalue weighted by atomic mass is 35.5. The van der Waals surface area contributed by atoms with E-state index in [1.165, 1.54) is 23.5 Å². The summed E-state index contributed by atoms with van der Waals surface area (Å²) in [4.78, 5) is 12.5. The first-order chi connectivity index (χ1) is 9.79. The lowest BCUT2D eigenvalue weighted by molar-refractivity contribution is 0.0944. The summed E-state index contributed by atoms with van der Waals surface area (Å²) in [6, 6.07) is 7.41. The van der Waals surface area contributed by atoms with Crippen LogP contribution in [-0.2, 0) is 10.0 Å². The van der Waals surface area contributed by atoms with Gasteiger partial charge in [-0.2, -0.15) is 0 Å². The molecule has 0 fully saturated rings. The molecule has 0 aliphatic carbocycles. The number of hydrogen-bond acceptors (Lipinski definition) is 4. The third-order valence-electron chi connectivity index (χ3n) is 2.86. The SMILES string of the molecule is C[C@H](NC(=O)c1sccc1Cl)c1cccc(S(N)(=O)=O)c1. The van der Waals surface area contributed by atoms with E-state index in [0.29, 0.717) is 15.5 Å². The molecule has 1 aromatic carbocycles. The van der Waals surface area contributed by atoms with Gasteiger partial charge in [0.15, 0.2) is 0 Å². The number of nitrogens with one attached hydrogen (secondary N) is 1. The first-order valence-corrected chi connectivity index (χ1v) is 8.76. The molecule has 0 unspecified atom stereocenters. The Balaban J connectivity index is 2.19. The van der Waals surface area contributed by atoms with Crippen LogP contribution in [0.3, 0.4) is 0 Å². The standard InChI is InChI=1S/C13H13ClN2O3S2/c1-8(16-13(17)12-11(14)5-6-20-12)9-3-2-4-10(7-9)21(15,18)19/h2-8H,1H3,(H,16,17)(H2,15,18,19)/t8-/m0/s1. The molecule has 112 valence electrons. The molecule has 0 saturated carbocycles. The van der Waals surface area contributed by atoms with Gasteiger partial charge in [-0.1, -0.05) is 23.7 Å². The highest BCUT2D eigenvalue weighted by molar-refractivity contribution is 7.89. The second-order valence-electron chi connectivity index (χ2n) is 4.41. The van der Waals surface area contributed by atoms with Gasteiger partial charge in [0.05, 0.1) is 16.0 Å². The van der Waals surface area contributed by atoms with Gasteiger partial charge in [0, 0.05) is 0 Å². The second kappa shape index (κ2) is 6.15. The van der Waals surface area contributed by atoms with E-state index in [1.54, 1.807) is 30.5 Å². The average molecular weight is 345 g/mol. The Kier molecular flexibility index (Phi) is 4.67. The van der Waals surface area contributed by atoms with Crippen LogP contribution in [-0.4, -0.2) is 14.3 Å². The average Bonchev–Trinajstić information content (AvgIpc) is 2.84. The van der Waals surface area contributed by atoms with E-state index in [-0.39, 0.29) is 16.8 Å². The van der Waals surface area contributed by atoms with E-state index < -0.39 is 10.0 Å². The van der Waals surface area contributed by atoms with Crippen LogP contribution in [0.2, 0.25) is 5.02 Å². The monoisotopic (exact) mass is 344 g/mol. The number of carbonyl (C=O) groups excluding carboxylic acids is 1. The van der Waals surface area contributed by atoms with Gasteiger partial charge in [0.2, 0.25) is 10.0 Å². The molecule has 3 N–H and O–H groups in total. The molecule has 1 aromatic heterocycles. The fourth-order valence-corrected chi connectivity index (χ4v) is 3.37. The van der Waals surface area contributed by atoms with Crippen molar-refractivity contribution in [2.45, 2.75) is 17.9 Å². The number of primary sulfonamides is 1. The third kappa shape index (κ3) is 3.82. The van der Waals surface area contributed by atoms with Crippen molar-refractivity contribution in [3.05, 3.63) is 51.2 Å². The van der Waals surface area contributed by atoms with E-state index in [9.17, 15) is 13.2 Å². The van der Waals surface area contributed by atoms with E-state index in [4.69, 9.17) is 16.7 Å². The Bertz CT molecular complexity index is 771. The summed E-state index contributed by atoms with van der Waals surface area (Å²) in [7, 11) is -3.77. The van der Waals surface area contributed by atoms with E-state index >= 15 is 0 Å². The first kappa shape index (κ1) is 16.0. The molecule has 0 spiro atoms. The number of benzene rings is 1. The van der Waals surface area contributed by atoms with Crippen LogP contribution in [0.1, 0.15) is 28.2 Å². The summed E-state index contributed by atoms with van der Waals surface area (Å²) in [6.45, 7) is 1.75. The second-order valence-corrected chi connectivity index (χ2v) is 7.30. The topological polar surface area (TPSA) is 89.3 Å². The van der Waals surface area contributed by atoms with E-state index in [2.05, 4.69) is 5.32 Å². The molecule has 5 nitrogen and oxygen atoms in total. The van der Waals surface area contributed by atoms with Gasteiger partial charge < -0.3 is 5.32 Å². The van der Waals surface area contributed by atoms with Crippen molar-refractivity contribution in [3.63, 3.8) is 0 Å². The molecule has 2 aromatic rings. The zero-order valence-corrected chi connectivity index (χ0v) is 13.4. The highest BCUT2D eigenvalue weighted by Crippen LogP contribution is 2.23. The van der Waals surface area contributed by atoms with Crippen LogP contribution in [0.15, 0.2) is 40.6 Å². The summed E-state index contributed by atoms with van der Waals surface area (Å²) in [5, 5.41) is 9.98. The predicted octanol–water partition coefficient (Wildman–Crippen LogP) is 2.54. The minimum absolute atomic E-state index is 0.00950. The number of nitrogens with two attached hydrogens (primary N) is 1. The quantitative estimate of drug-likeness (QED) is 0.893. The minimum Gasteiger partial charge on any atom is -0.345 e. The molecule has 0 aliphatic heterocycles. The normalized spacial score (nSPS) is 12.9. The number of rotatable bonds is 4. The lowest BCUT2D eigenvalue weighted by atomic mass is 10.1. The lowest BCUT2D eigenvalue weighted by Crippen LogP contribution is -2.26. The Morgan fingerprint density at radius 2 is 2.10 bits per heavy atom. The van der Waals surface area contributed by atoms with Gasteiger partial charge in [-0.3, -0.25) is 4.79 Å². The number of carbonyl (C=O) groups is 1. The molecule has 0 aliphatic rings. The maximum Gasteiger partial charge on any atom is 0.263 e. The Hall–Kier alpha value is -1.41. The maximum atomic E-state index is 12.1. The van der Waals surface area contributed by atoms with Crippen molar-refractivity contribution in [2.24, 2.45) is 5.14 Å². The van der Waals surface area contributed by atoms with Crippen LogP contribution in [0.5, 0.6) is 0 Å². The summed E-state index contributed by atoms with van der Waals surface area (Å²) in [6.07, 6.45) is 0. The zero-order chi connectivity index (χ0) is 15.6. The van der Waals surface area contributed by atoms with Crippen molar-refractivity contribution in [1.82, 2.24) is 5.32 Å². The van der Waals surface area contributed by atoms with Crippen LogP contribution in [0.4, 0.5) is 0 Å². The molecule has 1 atom stereocenters. The predicted molar refractivity (Wildman–Crippen MR) is 83.0 cm³/mol. The number of hydrogen-bond donors (Lipinski definition) is 2. The van der Waals surface area contributed by atoms with Crippen LogP contribution in [0.25, 0.3) is 0 Å². The molecule has 0 radical (unpaired) electrons. The van der Waals surface area contributed by atoms with Gasteiger partial charge in [-0.25, -0.2) is 13.6 Å². The summed E-state index contributed by atoms with van der Waals surface area (Å²) in [5.74, 6) is -0.302. The fraction of sp³-hybridized carbons (Fsp3) is 0.154. The fourth-order valence-electron chi connectivity index (χ4n) is 1.76. The lowest BCUT2D eigenvalue weighted by Gasteiger charge is -2.14. The summed E-state index contributed by atoms with van der Waals surface area (Å²) < 4.78 is 22.7. The van der Waals surface area contributed by atoms with Crippen molar-refractivity contribution in [2.75, 3.05) is 0 Å². The van der Waals surface area contributed by atoms with Crippen molar-refractivity contribution in [1.29, 1.82) is 0 Å². The number of thiophene rings is 1. The molecule has 1 heterocycles. The molecule has 0 saturated heterocycles. The number of halogens is 1. The molecule has 8 heteroatoms. The molecular weight excluding hydrogens is 332 g/mol. The van der Waals surface area contributed by atoms with Gasteiger partial charge in [0.25, 0.3) is 5.91 Å². The Morgan fingerprint density at radius 3 is 2.67 bits per heavy atom. The van der Waals surface area contributed by atoms with Gasteiger partial charge in [-0.15, -0.1) is 11.3 Å². The van der Waals surface area contributed by atoms with Gasteiger partial charge in [-0.05, 0) is 36.1 Å². The maximum absolute atomic E-state index is 12.1. The minimum atomic E-state index is -3.77. The summed E-state index contributed by atoms with van der Waals surface area (Å²) >= 11 is 7.15. The number of sulfonamides is 1. The van der Waals surface area contributed by atoms with Crippen molar-refractivity contribution >= 4 is 38.9 Å². The first-order valence-electron chi connectivity index (χ1n) is 5.95. The van der Waals surface area contributed by atoms with E-state index in [1.807, 2.05) is 0 Å². The van der Waals surface area contributed by atoms with Crippen molar-refractivity contribution < 1.29 is 13.2 Å². The highest BCUT2D eigenvalue weighted by Gasteiger charge is 2.17. The van der Waals surface area contributed by atoms with Crippen LogP contribution in [0, 0.1) is 0 Å². The van der Waals surface area contributed by atoms with Gasteiger partial charge >= 0.3 is 0 Å². The largest absolute Gasteiger partial charge is 0.345 e. The van der Waals surface area contributed by atoms with Crippen molar-refractivity contribution in [3.8, 4) is 0 Å². The number of amides is 1. The molecule has 2 rings (SSSR count). The summed E-state index contributed by atoms with van der Waals surface area (Å²) in [5.41, 5.74) is 0.641. The molecule has 21 heavy (non-hydrogen) atoms. The zero-order valence-electron chi connectivity index (χ0n) is 11.0. The van der Waals surface area contributed by atoms with E-state index in [0.717, 1.165) is 0 Å². The smallest absolute Gasteiger partial charge is 0.263 e. The van der Waals surface area contributed by atoms with Gasteiger partial charge in [0.1, 0.15) is 4.88 Å². The molecular formula is C13H13ClN2O3S2. The Labute approximate surface area is 131 Å². The molecule has 0 bridgehead atoms. The van der Waals surface area contributed by atoms with Crippen LogP contribution < -0.4 is 10.5 Å². The third-order valence-corrected chi connectivity index (χ3v) is 5.11.